The van der Waals surface area contributed by atoms with Gasteiger partial charge in [0, 0.05) is 12.6 Å². The summed E-state index contributed by atoms with van der Waals surface area (Å²) in [7, 11) is 1.51. The van der Waals surface area contributed by atoms with E-state index in [4.69, 9.17) is 9.47 Å². The minimum absolute atomic E-state index is 0.0318. The molecule has 0 saturated carbocycles. The lowest BCUT2D eigenvalue weighted by atomic mass is 10.1. The predicted octanol–water partition coefficient (Wildman–Crippen LogP) is 2.53. The van der Waals surface area contributed by atoms with Crippen LogP contribution >= 0.6 is 0 Å². The Labute approximate surface area is 124 Å². The third kappa shape index (κ3) is 5.14. The van der Waals surface area contributed by atoms with Gasteiger partial charge < -0.3 is 14.8 Å². The number of ether oxygens (including phenoxy) is 2. The van der Waals surface area contributed by atoms with Gasteiger partial charge in [-0.2, -0.15) is 4.98 Å². The Morgan fingerprint density at radius 3 is 2.48 bits per heavy atom. The second kappa shape index (κ2) is 7.16. The zero-order valence-corrected chi connectivity index (χ0v) is 13.1. The minimum Gasteiger partial charge on any atom is -0.473 e. The first-order valence-corrected chi connectivity index (χ1v) is 6.73. The number of methoxy groups -OCH3 is 1. The number of aromatic nitrogens is 2. The fourth-order valence-corrected chi connectivity index (χ4v) is 1.58. The van der Waals surface area contributed by atoms with E-state index in [0.29, 0.717) is 12.4 Å². The van der Waals surface area contributed by atoms with Crippen molar-refractivity contribution in [3.05, 3.63) is 15.9 Å². The number of hydrogen-bond acceptors (Lipinski definition) is 7. The number of anilines is 1. The molecule has 0 unspecified atom stereocenters. The molecular formula is C13H22N4O4. The van der Waals surface area contributed by atoms with E-state index in [0.717, 1.165) is 6.42 Å². The number of nitrogens with one attached hydrogen (secondary N) is 1. The van der Waals surface area contributed by atoms with Gasteiger partial charge in [0.2, 0.25) is 5.82 Å². The van der Waals surface area contributed by atoms with Crippen LogP contribution in [0, 0.1) is 10.1 Å². The Bertz CT molecular complexity index is 500. The Balaban J connectivity index is 3.34. The fraction of sp³-hybridized carbons (Fsp3) is 0.692. The van der Waals surface area contributed by atoms with Crippen molar-refractivity contribution in [2.24, 2.45) is 0 Å². The quantitative estimate of drug-likeness (QED) is 0.609. The molecule has 0 atom stereocenters. The van der Waals surface area contributed by atoms with Gasteiger partial charge in [0.05, 0.1) is 11.5 Å². The highest BCUT2D eigenvalue weighted by molar-refractivity contribution is 5.62. The average Bonchev–Trinajstić information content (AvgIpc) is 2.33. The molecule has 0 fully saturated rings. The Morgan fingerprint density at radius 1 is 1.33 bits per heavy atom. The third-order valence-corrected chi connectivity index (χ3v) is 2.29. The summed E-state index contributed by atoms with van der Waals surface area (Å²) in [5.41, 5.74) is -0.635. The molecule has 0 saturated heterocycles. The largest absolute Gasteiger partial charge is 0.473 e. The maximum atomic E-state index is 11.3. The van der Waals surface area contributed by atoms with E-state index in [1.807, 2.05) is 27.7 Å². The summed E-state index contributed by atoms with van der Waals surface area (Å²) in [6.45, 7) is 8.08. The van der Waals surface area contributed by atoms with Crippen molar-refractivity contribution in [2.75, 3.05) is 19.0 Å². The molecule has 0 spiro atoms. The molecule has 1 aromatic heterocycles. The van der Waals surface area contributed by atoms with Gasteiger partial charge in [-0.05, 0) is 27.2 Å². The van der Waals surface area contributed by atoms with Crippen LogP contribution in [0.25, 0.3) is 0 Å². The van der Waals surface area contributed by atoms with Crippen molar-refractivity contribution in [1.82, 2.24) is 9.97 Å². The number of nitro groups is 1. The third-order valence-electron chi connectivity index (χ3n) is 2.29. The molecule has 0 aromatic carbocycles. The van der Waals surface area contributed by atoms with Crippen molar-refractivity contribution in [3.63, 3.8) is 0 Å². The molecule has 0 bridgehead atoms. The molecule has 8 nitrogen and oxygen atoms in total. The standard InChI is InChI=1S/C13H22N4O4/c1-6-7-21-12-10(17(18)19)11(16-13(2,3)4)14-9(15-12)8-20-5/h6-8H2,1-5H3,(H,14,15,16). The van der Waals surface area contributed by atoms with E-state index in [1.165, 1.54) is 7.11 Å². The van der Waals surface area contributed by atoms with Gasteiger partial charge in [0.15, 0.2) is 5.82 Å². The molecule has 0 radical (unpaired) electrons. The summed E-state index contributed by atoms with van der Waals surface area (Å²) in [5.74, 6) is 0.442. The first kappa shape index (κ1) is 17.1. The van der Waals surface area contributed by atoms with Crippen LogP contribution in [0.15, 0.2) is 0 Å². The van der Waals surface area contributed by atoms with Crippen molar-refractivity contribution >= 4 is 11.5 Å². The van der Waals surface area contributed by atoms with Gasteiger partial charge >= 0.3 is 5.69 Å². The summed E-state index contributed by atoms with van der Waals surface area (Å²) in [6.07, 6.45) is 0.725. The maximum Gasteiger partial charge on any atom is 0.372 e. The second-order valence-electron chi connectivity index (χ2n) is 5.56. The van der Waals surface area contributed by atoms with Gasteiger partial charge in [0.25, 0.3) is 5.88 Å². The summed E-state index contributed by atoms with van der Waals surface area (Å²) in [6, 6.07) is 0. The Kier molecular flexibility index (Phi) is 5.83. The molecule has 8 heteroatoms. The highest BCUT2D eigenvalue weighted by Crippen LogP contribution is 2.33. The lowest BCUT2D eigenvalue weighted by molar-refractivity contribution is -0.385. The molecule has 0 aliphatic carbocycles. The molecule has 0 amide bonds. The molecule has 21 heavy (non-hydrogen) atoms. The first-order valence-electron chi connectivity index (χ1n) is 6.73. The second-order valence-corrected chi connectivity index (χ2v) is 5.56. The van der Waals surface area contributed by atoms with Crippen molar-refractivity contribution in [2.45, 2.75) is 46.3 Å². The zero-order valence-electron chi connectivity index (χ0n) is 13.1. The Morgan fingerprint density at radius 2 is 2.00 bits per heavy atom. The molecule has 1 aromatic rings. The summed E-state index contributed by atoms with van der Waals surface area (Å²) in [5, 5.41) is 14.4. The van der Waals surface area contributed by atoms with Crippen LogP contribution in [-0.4, -0.2) is 34.1 Å². The zero-order chi connectivity index (χ0) is 16.0. The maximum absolute atomic E-state index is 11.3. The van der Waals surface area contributed by atoms with Crippen LogP contribution in [-0.2, 0) is 11.3 Å². The van der Waals surface area contributed by atoms with Crippen LogP contribution in [0.1, 0.15) is 39.9 Å². The topological polar surface area (TPSA) is 99.4 Å². The van der Waals surface area contributed by atoms with Crippen LogP contribution in [0.3, 0.4) is 0 Å². The average molecular weight is 298 g/mol. The van der Waals surface area contributed by atoms with Gasteiger partial charge in [-0.25, -0.2) is 4.98 Å². The molecular weight excluding hydrogens is 276 g/mol. The normalized spacial score (nSPS) is 11.3. The predicted molar refractivity (Wildman–Crippen MR) is 78.6 cm³/mol. The van der Waals surface area contributed by atoms with E-state index >= 15 is 0 Å². The van der Waals surface area contributed by atoms with Crippen molar-refractivity contribution in [3.8, 4) is 5.88 Å². The minimum atomic E-state index is -0.532. The van der Waals surface area contributed by atoms with Crippen LogP contribution in [0.4, 0.5) is 11.5 Å². The van der Waals surface area contributed by atoms with E-state index in [1.54, 1.807) is 0 Å². The van der Waals surface area contributed by atoms with Crippen LogP contribution in [0.2, 0.25) is 0 Å². The first-order chi connectivity index (χ1) is 9.78. The lowest BCUT2D eigenvalue weighted by Gasteiger charge is -2.21. The number of rotatable bonds is 7. The Hall–Kier alpha value is -1.96. The van der Waals surface area contributed by atoms with Gasteiger partial charge in [-0.1, -0.05) is 6.92 Å². The van der Waals surface area contributed by atoms with Crippen LogP contribution in [0.5, 0.6) is 5.88 Å². The van der Waals surface area contributed by atoms with Crippen molar-refractivity contribution < 1.29 is 14.4 Å². The highest BCUT2D eigenvalue weighted by atomic mass is 16.6. The monoisotopic (exact) mass is 298 g/mol. The highest BCUT2D eigenvalue weighted by Gasteiger charge is 2.28. The molecule has 1 heterocycles. The van der Waals surface area contributed by atoms with E-state index < -0.39 is 4.92 Å². The summed E-state index contributed by atoms with van der Waals surface area (Å²) < 4.78 is 10.4. The smallest absolute Gasteiger partial charge is 0.372 e. The van der Waals surface area contributed by atoms with Gasteiger partial charge in [0.1, 0.15) is 6.61 Å². The lowest BCUT2D eigenvalue weighted by Crippen LogP contribution is -2.28. The molecule has 0 aliphatic heterocycles. The van der Waals surface area contributed by atoms with E-state index in [-0.39, 0.29) is 29.5 Å². The fourth-order valence-electron chi connectivity index (χ4n) is 1.58. The molecule has 118 valence electrons. The van der Waals surface area contributed by atoms with Crippen molar-refractivity contribution in [1.29, 1.82) is 0 Å². The molecule has 0 aliphatic rings. The number of hydrogen-bond donors (Lipinski definition) is 1. The number of nitrogens with zero attached hydrogens (tertiary/aromatic N) is 3. The van der Waals surface area contributed by atoms with Gasteiger partial charge in [-0.3, -0.25) is 10.1 Å². The summed E-state index contributed by atoms with van der Waals surface area (Å²) in [4.78, 5) is 19.0. The van der Waals surface area contributed by atoms with Gasteiger partial charge in [-0.15, -0.1) is 0 Å². The van der Waals surface area contributed by atoms with Crippen LogP contribution < -0.4 is 10.1 Å². The molecule has 1 N–H and O–H groups in total. The molecule has 1 rings (SSSR count). The SMILES string of the molecule is CCCOc1nc(COC)nc(NC(C)(C)C)c1[N+](=O)[O-]. The van der Waals surface area contributed by atoms with E-state index in [9.17, 15) is 10.1 Å². The van der Waals surface area contributed by atoms with E-state index in [2.05, 4.69) is 15.3 Å². The summed E-state index contributed by atoms with van der Waals surface area (Å²) >= 11 is 0.